The molecule has 1 rings (SSSR count). The summed E-state index contributed by atoms with van der Waals surface area (Å²) in [5.41, 5.74) is 0. The molecule has 0 fully saturated rings. The van der Waals surface area contributed by atoms with Crippen LogP contribution in [0.3, 0.4) is 0 Å². The molecule has 11 heteroatoms. The SMILES string of the molecule is CCOC(=O)CCS(=O)(=O)NCc1ccc(S(N)(=O)=O)s1. The summed E-state index contributed by atoms with van der Waals surface area (Å²) in [7, 11) is -7.43. The molecule has 0 saturated carbocycles. The van der Waals surface area contributed by atoms with Gasteiger partial charge in [0.15, 0.2) is 0 Å². The van der Waals surface area contributed by atoms with Gasteiger partial charge in [-0.2, -0.15) is 0 Å². The van der Waals surface area contributed by atoms with Crippen molar-refractivity contribution < 1.29 is 26.4 Å². The number of hydrogen-bond acceptors (Lipinski definition) is 7. The third kappa shape index (κ3) is 6.52. The van der Waals surface area contributed by atoms with Crippen LogP contribution in [-0.2, 0) is 36.1 Å². The van der Waals surface area contributed by atoms with Gasteiger partial charge in [0.05, 0.1) is 18.8 Å². The van der Waals surface area contributed by atoms with E-state index in [-0.39, 0.29) is 29.5 Å². The Morgan fingerprint density at radius 2 is 2.00 bits per heavy atom. The van der Waals surface area contributed by atoms with Crippen LogP contribution in [0.2, 0.25) is 0 Å². The first-order chi connectivity index (χ1) is 9.64. The Hall–Kier alpha value is -1.01. The van der Waals surface area contributed by atoms with Crippen molar-refractivity contribution in [3.63, 3.8) is 0 Å². The van der Waals surface area contributed by atoms with Crippen LogP contribution < -0.4 is 9.86 Å². The summed E-state index contributed by atoms with van der Waals surface area (Å²) in [6, 6.07) is 2.78. The van der Waals surface area contributed by atoms with Crippen LogP contribution in [0.5, 0.6) is 0 Å². The fourth-order valence-corrected chi connectivity index (χ4v) is 4.08. The highest BCUT2D eigenvalue weighted by atomic mass is 32.2. The lowest BCUT2D eigenvalue weighted by Gasteiger charge is -2.05. The lowest BCUT2D eigenvalue weighted by Crippen LogP contribution is -2.27. The fraction of sp³-hybridized carbons (Fsp3) is 0.500. The van der Waals surface area contributed by atoms with E-state index in [9.17, 15) is 21.6 Å². The van der Waals surface area contributed by atoms with Crippen LogP contribution >= 0.6 is 11.3 Å². The highest BCUT2D eigenvalue weighted by molar-refractivity contribution is 7.91. The van der Waals surface area contributed by atoms with E-state index >= 15 is 0 Å². The van der Waals surface area contributed by atoms with E-state index in [0.29, 0.717) is 4.88 Å². The lowest BCUT2D eigenvalue weighted by molar-refractivity contribution is -0.142. The number of esters is 1. The molecule has 0 saturated heterocycles. The van der Waals surface area contributed by atoms with Crippen molar-refractivity contribution in [2.45, 2.75) is 24.1 Å². The standard InChI is InChI=1S/C10H16N2O6S3/c1-2-18-9(13)5-6-20(14,15)12-7-8-3-4-10(19-8)21(11,16)17/h3-4,12H,2,5-7H2,1H3,(H2,11,16,17). The molecule has 21 heavy (non-hydrogen) atoms. The van der Waals surface area contributed by atoms with Crippen LogP contribution in [0.15, 0.2) is 16.3 Å². The maximum atomic E-state index is 11.7. The van der Waals surface area contributed by atoms with Gasteiger partial charge in [-0.3, -0.25) is 4.79 Å². The largest absolute Gasteiger partial charge is 0.466 e. The molecule has 0 aliphatic rings. The summed E-state index contributed by atoms with van der Waals surface area (Å²) in [5, 5.41) is 4.95. The van der Waals surface area contributed by atoms with Crippen molar-refractivity contribution in [1.82, 2.24) is 4.72 Å². The first kappa shape index (κ1) is 18.0. The molecule has 0 bridgehead atoms. The lowest BCUT2D eigenvalue weighted by atomic mass is 10.5. The molecule has 0 amide bonds. The predicted octanol–water partition coefficient (Wildman–Crippen LogP) is -0.232. The van der Waals surface area contributed by atoms with E-state index in [2.05, 4.69) is 9.46 Å². The average Bonchev–Trinajstić information content (AvgIpc) is 2.83. The zero-order valence-electron chi connectivity index (χ0n) is 11.2. The maximum absolute atomic E-state index is 11.7. The number of carbonyl (C=O) groups excluding carboxylic acids is 1. The van der Waals surface area contributed by atoms with E-state index in [1.807, 2.05) is 0 Å². The first-order valence-electron chi connectivity index (χ1n) is 5.88. The summed E-state index contributed by atoms with van der Waals surface area (Å²) >= 11 is 0.881. The Balaban J connectivity index is 2.54. The van der Waals surface area contributed by atoms with Crippen molar-refractivity contribution >= 4 is 37.4 Å². The third-order valence-electron chi connectivity index (χ3n) is 2.26. The normalized spacial score (nSPS) is 12.3. The van der Waals surface area contributed by atoms with Crippen LogP contribution in [0.1, 0.15) is 18.2 Å². The van der Waals surface area contributed by atoms with Crippen molar-refractivity contribution in [3.05, 3.63) is 17.0 Å². The quantitative estimate of drug-likeness (QED) is 0.618. The second-order valence-electron chi connectivity index (χ2n) is 3.96. The average molecular weight is 356 g/mol. The Bertz CT molecular complexity index is 692. The fourth-order valence-electron chi connectivity index (χ4n) is 1.31. The Labute approximate surface area is 127 Å². The number of carbonyl (C=O) groups is 1. The molecule has 0 aromatic carbocycles. The topological polar surface area (TPSA) is 133 Å². The molecule has 0 atom stereocenters. The zero-order valence-corrected chi connectivity index (χ0v) is 13.7. The first-order valence-corrected chi connectivity index (χ1v) is 9.90. The zero-order chi connectivity index (χ0) is 16.1. The second kappa shape index (κ2) is 7.31. The van der Waals surface area contributed by atoms with Gasteiger partial charge in [-0.1, -0.05) is 0 Å². The van der Waals surface area contributed by atoms with Gasteiger partial charge in [-0.15, -0.1) is 11.3 Å². The Morgan fingerprint density at radius 3 is 2.52 bits per heavy atom. The molecule has 120 valence electrons. The van der Waals surface area contributed by atoms with E-state index in [4.69, 9.17) is 5.14 Å². The van der Waals surface area contributed by atoms with Gasteiger partial charge in [0.25, 0.3) is 0 Å². The number of sulfonamides is 2. The minimum Gasteiger partial charge on any atom is -0.466 e. The van der Waals surface area contributed by atoms with Crippen LogP contribution in [-0.4, -0.2) is 35.2 Å². The number of rotatable bonds is 8. The molecule has 0 radical (unpaired) electrons. The molecular weight excluding hydrogens is 340 g/mol. The summed E-state index contributed by atoms with van der Waals surface area (Å²) in [4.78, 5) is 11.6. The van der Waals surface area contributed by atoms with Gasteiger partial charge in [0, 0.05) is 11.4 Å². The number of primary sulfonamides is 1. The molecular formula is C10H16N2O6S3. The van der Waals surface area contributed by atoms with E-state index in [1.165, 1.54) is 12.1 Å². The van der Waals surface area contributed by atoms with Gasteiger partial charge in [0.2, 0.25) is 20.0 Å². The number of nitrogens with one attached hydrogen (secondary N) is 1. The molecule has 0 spiro atoms. The summed E-state index contributed by atoms with van der Waals surface area (Å²) in [6.07, 6.45) is -0.240. The van der Waals surface area contributed by atoms with E-state index < -0.39 is 26.0 Å². The van der Waals surface area contributed by atoms with Crippen molar-refractivity contribution in [2.24, 2.45) is 5.14 Å². The highest BCUT2D eigenvalue weighted by Crippen LogP contribution is 2.20. The number of thiophene rings is 1. The second-order valence-corrected chi connectivity index (χ2v) is 8.84. The molecule has 0 unspecified atom stereocenters. The predicted molar refractivity (Wildman–Crippen MR) is 77.6 cm³/mol. The number of ether oxygens (including phenoxy) is 1. The van der Waals surface area contributed by atoms with Crippen LogP contribution in [0.4, 0.5) is 0 Å². The smallest absolute Gasteiger partial charge is 0.306 e. The van der Waals surface area contributed by atoms with Crippen molar-refractivity contribution in [1.29, 1.82) is 0 Å². The molecule has 8 nitrogen and oxygen atoms in total. The molecule has 1 aromatic rings. The molecule has 0 aliphatic heterocycles. The van der Waals surface area contributed by atoms with Crippen molar-refractivity contribution in [3.8, 4) is 0 Å². The summed E-state index contributed by atoms with van der Waals surface area (Å²) in [5.74, 6) is -0.977. The van der Waals surface area contributed by atoms with Gasteiger partial charge in [-0.25, -0.2) is 26.7 Å². The van der Waals surface area contributed by atoms with Crippen LogP contribution in [0.25, 0.3) is 0 Å². The van der Waals surface area contributed by atoms with Gasteiger partial charge in [0.1, 0.15) is 4.21 Å². The van der Waals surface area contributed by atoms with Gasteiger partial charge < -0.3 is 4.74 Å². The minimum atomic E-state index is -3.78. The van der Waals surface area contributed by atoms with Crippen LogP contribution in [0, 0.1) is 0 Å². The Morgan fingerprint density at radius 1 is 1.33 bits per heavy atom. The van der Waals surface area contributed by atoms with Gasteiger partial charge >= 0.3 is 5.97 Å². The molecule has 0 aliphatic carbocycles. The van der Waals surface area contributed by atoms with E-state index in [0.717, 1.165) is 11.3 Å². The molecule has 1 heterocycles. The van der Waals surface area contributed by atoms with Gasteiger partial charge in [-0.05, 0) is 19.1 Å². The monoisotopic (exact) mass is 356 g/mol. The molecule has 1 aromatic heterocycles. The number of hydrogen-bond donors (Lipinski definition) is 2. The number of nitrogens with two attached hydrogens (primary N) is 1. The summed E-state index contributed by atoms with van der Waals surface area (Å²) in [6.45, 7) is 1.76. The van der Waals surface area contributed by atoms with E-state index in [1.54, 1.807) is 6.92 Å². The molecule has 3 N–H and O–H groups in total. The third-order valence-corrected chi connectivity index (χ3v) is 6.11. The van der Waals surface area contributed by atoms with Crippen molar-refractivity contribution in [2.75, 3.05) is 12.4 Å². The Kier molecular flexibility index (Phi) is 6.28. The minimum absolute atomic E-state index is 0.0387. The maximum Gasteiger partial charge on any atom is 0.306 e. The highest BCUT2D eigenvalue weighted by Gasteiger charge is 2.15. The summed E-state index contributed by atoms with van der Waals surface area (Å²) < 4.78 is 52.4.